The van der Waals surface area contributed by atoms with Crippen LogP contribution in [0.25, 0.3) is 0 Å². The zero-order valence-corrected chi connectivity index (χ0v) is 9.52. The van der Waals surface area contributed by atoms with Gasteiger partial charge in [-0.1, -0.05) is 0 Å². The zero-order chi connectivity index (χ0) is 17.3. The van der Waals surface area contributed by atoms with Gasteiger partial charge in [-0.2, -0.15) is 35.1 Å². The maximum atomic E-state index is 13.6. The quantitative estimate of drug-likeness (QED) is 0.683. The molecule has 0 radical (unpaired) electrons. The molecule has 1 heterocycles. The van der Waals surface area contributed by atoms with Gasteiger partial charge in [0.25, 0.3) is 5.85 Å². The van der Waals surface area contributed by atoms with Gasteiger partial charge in [0.1, 0.15) is 0 Å². The van der Waals surface area contributed by atoms with E-state index in [2.05, 4.69) is 4.74 Å². The van der Waals surface area contributed by atoms with Crippen molar-refractivity contribution >= 4 is 0 Å². The fraction of sp³-hybridized carbons (Fsp3) is 1.00. The molecule has 2 atom stereocenters. The van der Waals surface area contributed by atoms with E-state index in [0.717, 1.165) is 0 Å². The molecule has 1 aliphatic heterocycles. The van der Waals surface area contributed by atoms with Gasteiger partial charge in [0.05, 0.1) is 0 Å². The highest BCUT2D eigenvalue weighted by Crippen LogP contribution is 2.67. The molecular weight excluding hydrogens is 340 g/mol. The molecule has 1 nitrogen and oxygen atoms in total. The van der Waals surface area contributed by atoms with Gasteiger partial charge in [0.2, 0.25) is 0 Å². The Morgan fingerprint density at radius 3 is 1.52 bits per heavy atom. The molecule has 1 saturated heterocycles. The van der Waals surface area contributed by atoms with Crippen molar-refractivity contribution in [2.24, 2.45) is 0 Å². The summed E-state index contributed by atoms with van der Waals surface area (Å²) in [4.78, 5) is 0. The summed E-state index contributed by atoms with van der Waals surface area (Å²) in [5.41, 5.74) is -7.24. The first-order valence-electron chi connectivity index (χ1n) is 4.77. The third-order valence-corrected chi connectivity index (χ3v) is 2.84. The summed E-state index contributed by atoms with van der Waals surface area (Å²) >= 11 is 0. The maximum Gasteiger partial charge on any atom is 0.426 e. The van der Waals surface area contributed by atoms with Gasteiger partial charge in [-0.05, 0) is 0 Å². The number of hydrogen-bond acceptors (Lipinski definition) is 1. The second-order valence-corrected chi connectivity index (χ2v) is 4.27. The Bertz CT molecular complexity index is 401. The average molecular weight is 344 g/mol. The minimum absolute atomic E-state index is 0.772. The molecule has 21 heavy (non-hydrogen) atoms. The predicted molar refractivity (Wildman–Crippen MR) is 40.2 cm³/mol. The molecular formula is C8H4F12O. The van der Waals surface area contributed by atoms with Crippen LogP contribution in [0.2, 0.25) is 0 Å². The van der Waals surface area contributed by atoms with Gasteiger partial charge in [-0.25, -0.2) is 17.6 Å². The summed E-state index contributed by atoms with van der Waals surface area (Å²) in [5.74, 6) is -26.3. The van der Waals surface area contributed by atoms with Gasteiger partial charge in [0.15, 0.2) is 0 Å². The van der Waals surface area contributed by atoms with E-state index in [1.165, 1.54) is 0 Å². The first kappa shape index (κ1) is 18.2. The van der Waals surface area contributed by atoms with Crippen LogP contribution < -0.4 is 0 Å². The Morgan fingerprint density at radius 1 is 0.810 bits per heavy atom. The number of ether oxygens (including phenoxy) is 1. The highest BCUT2D eigenvalue weighted by Gasteiger charge is 2.97. The molecule has 0 aromatic rings. The summed E-state index contributed by atoms with van der Waals surface area (Å²) in [6, 6.07) is 0. The first-order chi connectivity index (χ1) is 8.90. The monoisotopic (exact) mass is 344 g/mol. The molecule has 0 amide bonds. The smallest absolute Gasteiger partial charge is 0.272 e. The average Bonchev–Trinajstić information content (AvgIpc) is 2.23. The Labute approximate surface area is 107 Å². The van der Waals surface area contributed by atoms with Crippen LogP contribution >= 0.6 is 0 Å². The summed E-state index contributed by atoms with van der Waals surface area (Å²) in [5, 5.41) is 0. The van der Waals surface area contributed by atoms with Crippen LogP contribution in [0.4, 0.5) is 52.7 Å². The molecule has 13 heteroatoms. The van der Waals surface area contributed by atoms with Crippen molar-refractivity contribution in [3.8, 4) is 0 Å². The van der Waals surface area contributed by atoms with E-state index in [4.69, 9.17) is 0 Å². The number of alkyl halides is 12. The fourth-order valence-electron chi connectivity index (χ4n) is 1.64. The van der Waals surface area contributed by atoms with E-state index in [9.17, 15) is 52.7 Å². The normalized spacial score (nSPS) is 38.6. The summed E-state index contributed by atoms with van der Waals surface area (Å²) < 4.78 is 157. The van der Waals surface area contributed by atoms with Crippen LogP contribution in [0.5, 0.6) is 0 Å². The Morgan fingerprint density at radius 2 is 1.19 bits per heavy atom. The molecule has 1 aliphatic rings. The molecule has 0 saturated carbocycles. The second kappa shape index (κ2) is 4.10. The third-order valence-electron chi connectivity index (χ3n) is 2.84. The topological polar surface area (TPSA) is 9.23 Å². The van der Waals surface area contributed by atoms with Gasteiger partial charge in [0, 0.05) is 6.92 Å². The van der Waals surface area contributed by atoms with E-state index in [-0.39, 0.29) is 0 Å². The lowest BCUT2D eigenvalue weighted by atomic mass is 9.78. The second-order valence-electron chi connectivity index (χ2n) is 4.27. The van der Waals surface area contributed by atoms with Gasteiger partial charge < -0.3 is 0 Å². The van der Waals surface area contributed by atoms with Gasteiger partial charge in [-0.15, -0.1) is 0 Å². The van der Waals surface area contributed by atoms with Crippen molar-refractivity contribution < 1.29 is 57.4 Å². The molecule has 0 spiro atoms. The van der Waals surface area contributed by atoms with Gasteiger partial charge >= 0.3 is 36.0 Å². The van der Waals surface area contributed by atoms with E-state index < -0.39 is 48.7 Å². The van der Waals surface area contributed by atoms with Crippen LogP contribution in [0, 0.1) is 0 Å². The SMILES string of the molecule is CC1(F)OC(F)(F)C(F)(F)C(F)(C(F)(F)C(F)F)C1(F)F. The van der Waals surface area contributed by atoms with Crippen LogP contribution in [0.15, 0.2) is 0 Å². The standard InChI is InChI=1S/C8H4F12O/c1-3(11)6(15,16)5(14,4(12,13)2(9)10)7(17,18)8(19,20)21-3/h2H,1H3. The van der Waals surface area contributed by atoms with E-state index in [0.29, 0.717) is 0 Å². The van der Waals surface area contributed by atoms with Crippen molar-refractivity contribution in [3.05, 3.63) is 0 Å². The lowest BCUT2D eigenvalue weighted by Crippen LogP contribution is -2.82. The Balaban J connectivity index is 3.77. The molecule has 2 unspecified atom stereocenters. The van der Waals surface area contributed by atoms with Crippen LogP contribution in [-0.2, 0) is 4.74 Å². The molecule has 1 fully saturated rings. The largest absolute Gasteiger partial charge is 0.426 e. The highest BCUT2D eigenvalue weighted by molar-refractivity contribution is 5.21. The van der Waals surface area contributed by atoms with Crippen molar-refractivity contribution in [3.63, 3.8) is 0 Å². The predicted octanol–water partition coefficient (Wildman–Crippen LogP) is 4.17. The van der Waals surface area contributed by atoms with Crippen LogP contribution in [-0.4, -0.2) is 41.8 Å². The Kier molecular flexibility index (Phi) is 3.55. The minimum Gasteiger partial charge on any atom is -0.272 e. The van der Waals surface area contributed by atoms with Crippen molar-refractivity contribution in [1.82, 2.24) is 0 Å². The van der Waals surface area contributed by atoms with Crippen LogP contribution in [0.3, 0.4) is 0 Å². The lowest BCUT2D eigenvalue weighted by molar-refractivity contribution is -0.534. The number of rotatable bonds is 2. The third kappa shape index (κ3) is 1.78. The molecule has 0 aromatic carbocycles. The van der Waals surface area contributed by atoms with Crippen LogP contribution in [0.1, 0.15) is 6.92 Å². The maximum absolute atomic E-state index is 13.6. The minimum atomic E-state index is -7.24. The van der Waals surface area contributed by atoms with E-state index in [1.807, 2.05) is 0 Å². The molecule has 126 valence electrons. The van der Waals surface area contributed by atoms with Crippen molar-refractivity contribution in [2.45, 2.75) is 48.7 Å². The summed E-state index contributed by atoms with van der Waals surface area (Å²) in [6.07, 6.45) is -12.1. The molecule has 0 aliphatic carbocycles. The Hall–Kier alpha value is -0.880. The lowest BCUT2D eigenvalue weighted by Gasteiger charge is -2.52. The van der Waals surface area contributed by atoms with Crippen molar-refractivity contribution in [1.29, 1.82) is 0 Å². The molecule has 1 rings (SSSR count). The number of halogens is 12. The van der Waals surface area contributed by atoms with Gasteiger partial charge in [-0.3, -0.25) is 4.74 Å². The first-order valence-corrected chi connectivity index (χ1v) is 4.77. The van der Waals surface area contributed by atoms with E-state index in [1.54, 1.807) is 0 Å². The molecule has 0 N–H and O–H groups in total. The summed E-state index contributed by atoms with van der Waals surface area (Å²) in [7, 11) is 0. The van der Waals surface area contributed by atoms with E-state index >= 15 is 0 Å². The highest BCUT2D eigenvalue weighted by atomic mass is 19.4. The molecule has 0 bridgehead atoms. The van der Waals surface area contributed by atoms with Crippen molar-refractivity contribution in [2.75, 3.05) is 0 Å². The number of hydrogen-bond donors (Lipinski definition) is 0. The summed E-state index contributed by atoms with van der Waals surface area (Å²) in [6.45, 7) is -0.772. The zero-order valence-electron chi connectivity index (χ0n) is 9.52. The fourth-order valence-corrected chi connectivity index (χ4v) is 1.64. The molecule has 0 aromatic heterocycles.